The molecule has 0 aliphatic rings. The lowest BCUT2D eigenvalue weighted by Crippen LogP contribution is -3.15. The van der Waals surface area contributed by atoms with E-state index in [2.05, 4.69) is 34.9 Å². The zero-order valence-corrected chi connectivity index (χ0v) is 10.1. The highest BCUT2D eigenvalue weighted by atomic mass is 79.9. The molecular weight excluding hydrogens is 202 g/mol. The summed E-state index contributed by atoms with van der Waals surface area (Å²) >= 11 is 0. The van der Waals surface area contributed by atoms with E-state index in [1.165, 1.54) is 19.3 Å². The van der Waals surface area contributed by atoms with Gasteiger partial charge in [0, 0.05) is 0 Å². The molecule has 0 fully saturated rings. The monoisotopic (exact) mass is 223 g/mol. The van der Waals surface area contributed by atoms with Crippen molar-refractivity contribution in [2.24, 2.45) is 0 Å². The summed E-state index contributed by atoms with van der Waals surface area (Å²) in [5, 5.41) is 0. The fraction of sp³-hybridized carbons (Fsp3) is 1.00. The lowest BCUT2D eigenvalue weighted by molar-refractivity contribution is -0.916. The molecule has 0 radical (unpaired) electrons. The fourth-order valence-corrected chi connectivity index (χ4v) is 1.81. The van der Waals surface area contributed by atoms with Crippen LogP contribution in [-0.4, -0.2) is 19.6 Å². The van der Waals surface area contributed by atoms with Crippen LogP contribution in [0.2, 0.25) is 0 Å². The molecule has 0 spiro atoms. The maximum atomic E-state index is 2.29. The first-order valence-corrected chi connectivity index (χ1v) is 4.43. The van der Waals surface area contributed by atoms with Crippen LogP contribution in [0.25, 0.3) is 0 Å². The molecule has 1 nitrogen and oxygen atoms in total. The summed E-state index contributed by atoms with van der Waals surface area (Å²) in [6.07, 6.45) is 3.88. The minimum Gasteiger partial charge on any atom is -1.00 e. The van der Waals surface area contributed by atoms with Crippen molar-refractivity contribution in [3.8, 4) is 0 Å². The molecule has 0 aromatic carbocycles. The Morgan fingerprint density at radius 2 is 1.18 bits per heavy atom. The molecule has 0 saturated heterocycles. The largest absolute Gasteiger partial charge is 1.00 e. The quantitative estimate of drug-likeness (QED) is 0.569. The first-order chi connectivity index (χ1) is 4.63. The first-order valence-electron chi connectivity index (χ1n) is 4.43. The molecule has 1 N–H and O–H groups in total. The van der Waals surface area contributed by atoms with Crippen molar-refractivity contribution >= 4 is 0 Å². The van der Waals surface area contributed by atoms with Gasteiger partial charge >= 0.3 is 0 Å². The van der Waals surface area contributed by atoms with Gasteiger partial charge in [0.25, 0.3) is 0 Å². The van der Waals surface area contributed by atoms with Gasteiger partial charge < -0.3 is 21.9 Å². The van der Waals surface area contributed by atoms with E-state index in [-0.39, 0.29) is 17.0 Å². The maximum Gasteiger partial charge on any atom is 0.0964 e. The van der Waals surface area contributed by atoms with Crippen molar-refractivity contribution in [2.75, 3.05) is 14.1 Å². The van der Waals surface area contributed by atoms with Gasteiger partial charge in [-0.25, -0.2) is 0 Å². The summed E-state index contributed by atoms with van der Waals surface area (Å²) in [5.41, 5.74) is 0.542. The third kappa shape index (κ3) is 3.12. The maximum absolute atomic E-state index is 2.29. The van der Waals surface area contributed by atoms with E-state index < -0.39 is 0 Å². The Labute approximate surface area is 81.9 Å². The standard InChI is InChI=1S/C9H21N.BrH/c1-6-9(7-2,8-3)10(4)5;/h6-8H2,1-5H3;1H. The van der Waals surface area contributed by atoms with E-state index in [9.17, 15) is 0 Å². The van der Waals surface area contributed by atoms with Crippen molar-refractivity contribution in [3.05, 3.63) is 0 Å². The molecule has 0 aliphatic heterocycles. The van der Waals surface area contributed by atoms with Crippen LogP contribution in [0.1, 0.15) is 40.0 Å². The third-order valence-electron chi connectivity index (χ3n) is 3.09. The van der Waals surface area contributed by atoms with Crippen LogP contribution >= 0.6 is 0 Å². The lowest BCUT2D eigenvalue weighted by atomic mass is 9.89. The highest BCUT2D eigenvalue weighted by Gasteiger charge is 2.29. The predicted molar refractivity (Wildman–Crippen MR) is 46.4 cm³/mol. The molecule has 0 bridgehead atoms. The van der Waals surface area contributed by atoms with Gasteiger partial charge in [-0.3, -0.25) is 0 Å². The number of nitrogens with one attached hydrogen (secondary N) is 1. The summed E-state index contributed by atoms with van der Waals surface area (Å²) in [7, 11) is 4.52. The molecule has 0 aliphatic carbocycles. The topological polar surface area (TPSA) is 4.44 Å². The van der Waals surface area contributed by atoms with Gasteiger partial charge in [0.2, 0.25) is 0 Å². The first kappa shape index (κ1) is 14.0. The Morgan fingerprint density at radius 3 is 1.18 bits per heavy atom. The lowest BCUT2D eigenvalue weighted by Gasteiger charge is -2.34. The smallest absolute Gasteiger partial charge is 0.0964 e. The molecule has 0 rings (SSSR count). The van der Waals surface area contributed by atoms with Crippen LogP contribution < -0.4 is 21.9 Å². The van der Waals surface area contributed by atoms with Gasteiger partial charge in [0.05, 0.1) is 19.6 Å². The molecule has 0 heterocycles. The zero-order valence-electron chi connectivity index (χ0n) is 8.50. The van der Waals surface area contributed by atoms with Crippen molar-refractivity contribution in [3.63, 3.8) is 0 Å². The zero-order chi connectivity index (χ0) is 8.20. The van der Waals surface area contributed by atoms with Crippen LogP contribution in [0.4, 0.5) is 0 Å². The molecule has 0 amide bonds. The van der Waals surface area contributed by atoms with E-state index in [1.54, 1.807) is 4.90 Å². The van der Waals surface area contributed by atoms with E-state index >= 15 is 0 Å². The van der Waals surface area contributed by atoms with E-state index in [0.29, 0.717) is 5.54 Å². The summed E-state index contributed by atoms with van der Waals surface area (Å²) in [6.45, 7) is 6.88. The minimum atomic E-state index is 0. The summed E-state index contributed by atoms with van der Waals surface area (Å²) in [6, 6.07) is 0. The van der Waals surface area contributed by atoms with Crippen molar-refractivity contribution in [1.29, 1.82) is 0 Å². The highest BCUT2D eigenvalue weighted by molar-refractivity contribution is 4.72. The normalized spacial score (nSPS) is 11.5. The molecule has 70 valence electrons. The summed E-state index contributed by atoms with van der Waals surface area (Å²) in [5.74, 6) is 0. The predicted octanol–water partition coefficient (Wildman–Crippen LogP) is -1.90. The van der Waals surface area contributed by atoms with E-state index in [1.807, 2.05) is 0 Å². The van der Waals surface area contributed by atoms with Crippen molar-refractivity contribution in [2.45, 2.75) is 45.6 Å². The van der Waals surface area contributed by atoms with Crippen LogP contribution in [-0.2, 0) is 0 Å². The molecule has 2 heteroatoms. The Kier molecular flexibility index (Phi) is 7.65. The Bertz CT molecular complexity index is 79.3. The van der Waals surface area contributed by atoms with Gasteiger partial charge in [-0.1, -0.05) is 20.8 Å². The van der Waals surface area contributed by atoms with Crippen LogP contribution in [0.5, 0.6) is 0 Å². The van der Waals surface area contributed by atoms with Gasteiger partial charge in [-0.05, 0) is 19.3 Å². The second-order valence-corrected chi connectivity index (χ2v) is 3.34. The van der Waals surface area contributed by atoms with E-state index in [0.717, 1.165) is 0 Å². The molecule has 0 aromatic heterocycles. The van der Waals surface area contributed by atoms with Gasteiger partial charge in [0.1, 0.15) is 0 Å². The molecule has 0 saturated carbocycles. The second-order valence-electron chi connectivity index (χ2n) is 3.34. The molecule has 11 heavy (non-hydrogen) atoms. The van der Waals surface area contributed by atoms with Crippen LogP contribution in [0.3, 0.4) is 0 Å². The fourth-order valence-electron chi connectivity index (χ4n) is 1.81. The Morgan fingerprint density at radius 1 is 0.909 bits per heavy atom. The number of rotatable bonds is 4. The van der Waals surface area contributed by atoms with Gasteiger partial charge in [0.15, 0.2) is 0 Å². The average Bonchev–Trinajstić information content (AvgIpc) is 1.92. The molecule has 0 unspecified atom stereocenters. The third-order valence-corrected chi connectivity index (χ3v) is 3.09. The Hall–Kier alpha value is 0.440. The summed E-state index contributed by atoms with van der Waals surface area (Å²) in [4.78, 5) is 1.60. The minimum absolute atomic E-state index is 0. The number of halogens is 1. The van der Waals surface area contributed by atoms with Gasteiger partial charge in [-0.15, -0.1) is 0 Å². The van der Waals surface area contributed by atoms with Crippen LogP contribution in [0, 0.1) is 0 Å². The molecular formula is C9H22BrN. The van der Waals surface area contributed by atoms with Gasteiger partial charge in [-0.2, -0.15) is 0 Å². The average molecular weight is 224 g/mol. The van der Waals surface area contributed by atoms with Crippen LogP contribution in [0.15, 0.2) is 0 Å². The second kappa shape index (κ2) is 6.01. The highest BCUT2D eigenvalue weighted by Crippen LogP contribution is 2.13. The molecule has 0 atom stereocenters. The number of hydrogen-bond donors (Lipinski definition) is 1. The summed E-state index contributed by atoms with van der Waals surface area (Å²) < 4.78 is 0. The number of hydrogen-bond acceptors (Lipinski definition) is 0. The van der Waals surface area contributed by atoms with Crippen molar-refractivity contribution in [1.82, 2.24) is 0 Å². The van der Waals surface area contributed by atoms with Crippen molar-refractivity contribution < 1.29 is 21.9 Å². The van der Waals surface area contributed by atoms with E-state index in [4.69, 9.17) is 0 Å². The Balaban J connectivity index is 0. The molecule has 0 aromatic rings. The SMILES string of the molecule is CCC(CC)(CC)[NH+](C)C.[Br-]. The number of quaternary nitrogens is 1.